The molecule has 2 atom stereocenters. The van der Waals surface area contributed by atoms with Gasteiger partial charge in [-0.05, 0) is 32.6 Å². The summed E-state index contributed by atoms with van der Waals surface area (Å²) < 4.78 is 5.13. The predicted molar refractivity (Wildman–Crippen MR) is 66.7 cm³/mol. The van der Waals surface area contributed by atoms with Crippen LogP contribution in [0, 0.1) is 0 Å². The standard InChI is InChI=1S/C11H22N2O2.ClH/c1-2-15-7-6-11(14)13-10-5-3-4-9(12)8-10;/h9-10H,2-8,12H2,1H3,(H,13,14);1H. The Morgan fingerprint density at radius 2 is 2.25 bits per heavy atom. The van der Waals surface area contributed by atoms with Gasteiger partial charge < -0.3 is 15.8 Å². The smallest absolute Gasteiger partial charge is 0.222 e. The van der Waals surface area contributed by atoms with Crippen molar-refractivity contribution in [1.82, 2.24) is 5.32 Å². The van der Waals surface area contributed by atoms with E-state index in [4.69, 9.17) is 10.5 Å². The lowest BCUT2D eigenvalue weighted by atomic mass is 9.91. The lowest BCUT2D eigenvalue weighted by Crippen LogP contribution is -2.42. The fourth-order valence-electron chi connectivity index (χ4n) is 1.97. The number of nitrogens with two attached hydrogens (primary N) is 1. The van der Waals surface area contributed by atoms with E-state index in [0.717, 1.165) is 25.7 Å². The Morgan fingerprint density at radius 1 is 1.50 bits per heavy atom. The van der Waals surface area contributed by atoms with Crippen molar-refractivity contribution in [3.8, 4) is 0 Å². The molecule has 0 aromatic rings. The molecule has 0 spiro atoms. The van der Waals surface area contributed by atoms with Gasteiger partial charge in [0.15, 0.2) is 0 Å². The van der Waals surface area contributed by atoms with Gasteiger partial charge in [0.1, 0.15) is 0 Å². The van der Waals surface area contributed by atoms with Gasteiger partial charge in [-0.3, -0.25) is 4.79 Å². The van der Waals surface area contributed by atoms with Crippen LogP contribution < -0.4 is 11.1 Å². The zero-order chi connectivity index (χ0) is 11.1. The van der Waals surface area contributed by atoms with Gasteiger partial charge in [0.2, 0.25) is 5.91 Å². The van der Waals surface area contributed by atoms with E-state index in [1.54, 1.807) is 0 Å². The molecule has 0 aromatic carbocycles. The molecule has 0 radical (unpaired) electrons. The molecule has 5 heteroatoms. The molecule has 1 fully saturated rings. The zero-order valence-corrected chi connectivity index (χ0v) is 10.7. The molecular formula is C11H23ClN2O2. The van der Waals surface area contributed by atoms with Crippen molar-refractivity contribution < 1.29 is 9.53 Å². The maximum absolute atomic E-state index is 11.5. The third-order valence-electron chi connectivity index (χ3n) is 2.76. The number of carbonyl (C=O) groups is 1. The van der Waals surface area contributed by atoms with Crippen molar-refractivity contribution in [2.75, 3.05) is 13.2 Å². The number of nitrogens with one attached hydrogen (secondary N) is 1. The first-order valence-electron chi connectivity index (χ1n) is 5.85. The van der Waals surface area contributed by atoms with Crippen molar-refractivity contribution in [2.24, 2.45) is 5.73 Å². The average molecular weight is 251 g/mol. The van der Waals surface area contributed by atoms with Gasteiger partial charge in [0.05, 0.1) is 6.61 Å². The Hall–Kier alpha value is -0.320. The molecule has 0 aliphatic heterocycles. The van der Waals surface area contributed by atoms with Crippen LogP contribution in [-0.2, 0) is 9.53 Å². The topological polar surface area (TPSA) is 64.3 Å². The average Bonchev–Trinajstić information content (AvgIpc) is 2.18. The van der Waals surface area contributed by atoms with Crippen LogP contribution in [0.2, 0.25) is 0 Å². The Balaban J connectivity index is 0.00000225. The van der Waals surface area contributed by atoms with E-state index in [-0.39, 0.29) is 30.4 Å². The molecular weight excluding hydrogens is 228 g/mol. The molecule has 16 heavy (non-hydrogen) atoms. The summed E-state index contributed by atoms with van der Waals surface area (Å²) in [6.07, 6.45) is 4.65. The van der Waals surface area contributed by atoms with E-state index in [0.29, 0.717) is 19.6 Å². The minimum Gasteiger partial charge on any atom is -0.381 e. The first-order chi connectivity index (χ1) is 7.22. The van der Waals surface area contributed by atoms with E-state index in [1.807, 2.05) is 6.92 Å². The van der Waals surface area contributed by atoms with E-state index < -0.39 is 0 Å². The van der Waals surface area contributed by atoms with Crippen molar-refractivity contribution in [3.63, 3.8) is 0 Å². The first kappa shape index (κ1) is 15.7. The van der Waals surface area contributed by atoms with Crippen LogP contribution in [0.25, 0.3) is 0 Å². The van der Waals surface area contributed by atoms with Crippen molar-refractivity contribution >= 4 is 18.3 Å². The van der Waals surface area contributed by atoms with Crippen LogP contribution >= 0.6 is 12.4 Å². The fourth-order valence-corrected chi connectivity index (χ4v) is 1.97. The maximum Gasteiger partial charge on any atom is 0.222 e. The first-order valence-corrected chi connectivity index (χ1v) is 5.85. The largest absolute Gasteiger partial charge is 0.381 e. The zero-order valence-electron chi connectivity index (χ0n) is 9.91. The van der Waals surface area contributed by atoms with Gasteiger partial charge >= 0.3 is 0 Å². The molecule has 1 amide bonds. The second-order valence-electron chi connectivity index (χ2n) is 4.14. The van der Waals surface area contributed by atoms with E-state index in [1.165, 1.54) is 0 Å². The van der Waals surface area contributed by atoms with Gasteiger partial charge in [-0.1, -0.05) is 0 Å². The third kappa shape index (κ3) is 6.30. The molecule has 4 nitrogen and oxygen atoms in total. The molecule has 0 saturated heterocycles. The Labute approximate surface area is 104 Å². The Morgan fingerprint density at radius 3 is 2.88 bits per heavy atom. The highest BCUT2D eigenvalue weighted by atomic mass is 35.5. The lowest BCUT2D eigenvalue weighted by molar-refractivity contribution is -0.123. The van der Waals surface area contributed by atoms with Gasteiger partial charge in [0.25, 0.3) is 0 Å². The number of halogens is 1. The normalized spacial score (nSPS) is 24.6. The molecule has 1 rings (SSSR count). The summed E-state index contributed by atoms with van der Waals surface area (Å²) in [7, 11) is 0. The monoisotopic (exact) mass is 250 g/mol. The maximum atomic E-state index is 11.5. The summed E-state index contributed by atoms with van der Waals surface area (Å²) in [5.74, 6) is 0.0857. The number of rotatable bonds is 5. The fraction of sp³-hybridized carbons (Fsp3) is 0.909. The quantitative estimate of drug-likeness (QED) is 0.722. The van der Waals surface area contributed by atoms with Crippen LogP contribution in [0.3, 0.4) is 0 Å². The Bertz CT molecular complexity index is 202. The highest BCUT2D eigenvalue weighted by molar-refractivity contribution is 5.85. The SMILES string of the molecule is CCOCCC(=O)NC1CCCC(N)C1.Cl. The summed E-state index contributed by atoms with van der Waals surface area (Å²) in [4.78, 5) is 11.5. The summed E-state index contributed by atoms with van der Waals surface area (Å²) in [6, 6.07) is 0.541. The molecule has 1 aliphatic rings. The summed E-state index contributed by atoms with van der Waals surface area (Å²) in [6.45, 7) is 3.11. The van der Waals surface area contributed by atoms with E-state index in [9.17, 15) is 4.79 Å². The molecule has 96 valence electrons. The summed E-state index contributed by atoms with van der Waals surface area (Å²) in [5.41, 5.74) is 5.85. The van der Waals surface area contributed by atoms with Gasteiger partial charge in [-0.15, -0.1) is 12.4 Å². The Kier molecular flexibility index (Phi) is 8.61. The molecule has 3 N–H and O–H groups in total. The second-order valence-corrected chi connectivity index (χ2v) is 4.14. The van der Waals surface area contributed by atoms with E-state index >= 15 is 0 Å². The van der Waals surface area contributed by atoms with Gasteiger partial charge in [0, 0.05) is 25.1 Å². The minimum atomic E-state index is 0. The van der Waals surface area contributed by atoms with E-state index in [2.05, 4.69) is 5.32 Å². The highest BCUT2D eigenvalue weighted by Crippen LogP contribution is 2.16. The van der Waals surface area contributed by atoms with Crippen LogP contribution in [0.1, 0.15) is 39.0 Å². The molecule has 1 aliphatic carbocycles. The lowest BCUT2D eigenvalue weighted by Gasteiger charge is -2.27. The highest BCUT2D eigenvalue weighted by Gasteiger charge is 2.20. The number of ether oxygens (including phenoxy) is 1. The number of hydrogen-bond acceptors (Lipinski definition) is 3. The van der Waals surface area contributed by atoms with Crippen LogP contribution in [0.15, 0.2) is 0 Å². The van der Waals surface area contributed by atoms with Crippen molar-refractivity contribution in [1.29, 1.82) is 0 Å². The summed E-state index contributed by atoms with van der Waals surface area (Å²) in [5, 5.41) is 3.01. The molecule has 0 heterocycles. The van der Waals surface area contributed by atoms with Crippen LogP contribution in [0.4, 0.5) is 0 Å². The van der Waals surface area contributed by atoms with Crippen LogP contribution in [0.5, 0.6) is 0 Å². The molecule has 0 bridgehead atoms. The summed E-state index contributed by atoms with van der Waals surface area (Å²) >= 11 is 0. The van der Waals surface area contributed by atoms with Crippen LogP contribution in [-0.4, -0.2) is 31.2 Å². The number of hydrogen-bond donors (Lipinski definition) is 2. The van der Waals surface area contributed by atoms with Crippen molar-refractivity contribution in [3.05, 3.63) is 0 Å². The molecule has 0 aromatic heterocycles. The van der Waals surface area contributed by atoms with Gasteiger partial charge in [-0.2, -0.15) is 0 Å². The molecule has 2 unspecified atom stereocenters. The number of amides is 1. The molecule has 1 saturated carbocycles. The third-order valence-corrected chi connectivity index (χ3v) is 2.76. The minimum absolute atomic E-state index is 0. The number of carbonyl (C=O) groups excluding carboxylic acids is 1. The second kappa shape index (κ2) is 8.79. The van der Waals surface area contributed by atoms with Gasteiger partial charge in [-0.25, -0.2) is 0 Å². The predicted octanol–water partition coefficient (Wildman–Crippen LogP) is 1.22. The van der Waals surface area contributed by atoms with Crippen molar-refractivity contribution in [2.45, 2.75) is 51.1 Å².